The fourth-order valence-electron chi connectivity index (χ4n) is 1.53. The zero-order valence-corrected chi connectivity index (χ0v) is 12.2. The number of benzene rings is 2. The van der Waals surface area contributed by atoms with Gasteiger partial charge >= 0.3 is 0 Å². The van der Waals surface area contributed by atoms with Gasteiger partial charge in [-0.2, -0.15) is 10.4 Å². The van der Waals surface area contributed by atoms with Gasteiger partial charge in [0, 0.05) is 5.33 Å². The fourth-order valence-corrected chi connectivity index (χ4v) is 1.69. The molecule has 100 valence electrons. The van der Waals surface area contributed by atoms with E-state index in [1.54, 1.807) is 18.2 Å². The van der Waals surface area contributed by atoms with E-state index >= 15 is 0 Å². The van der Waals surface area contributed by atoms with Gasteiger partial charge in [0.05, 0.1) is 17.9 Å². The van der Waals surface area contributed by atoms with Gasteiger partial charge in [-0.3, -0.25) is 0 Å². The Morgan fingerprint density at radius 1 is 1.05 bits per heavy atom. The van der Waals surface area contributed by atoms with Crippen LogP contribution in [0.15, 0.2) is 58.8 Å². The average molecular weight is 330 g/mol. The van der Waals surface area contributed by atoms with Crippen LogP contribution in [0.3, 0.4) is 0 Å². The predicted octanol–water partition coefficient (Wildman–Crippen LogP) is 4.75. The molecule has 0 amide bonds. The van der Waals surface area contributed by atoms with Crippen LogP contribution in [0.5, 0.6) is 5.75 Å². The molecule has 0 aliphatic rings. The van der Waals surface area contributed by atoms with E-state index in [2.05, 4.69) is 32.2 Å². The molecule has 0 spiro atoms. The molecule has 0 saturated carbocycles. The molecule has 0 heterocycles. The largest absolute Gasteiger partial charge is 0.493 e. The minimum atomic E-state index is 0.508. The van der Waals surface area contributed by atoms with E-state index in [-0.39, 0.29) is 0 Å². The highest BCUT2D eigenvalue weighted by atomic mass is 79.9. The first-order valence-corrected chi connectivity index (χ1v) is 7.15. The molecular weight excluding hydrogens is 318 g/mol. The lowest BCUT2D eigenvalue weighted by molar-refractivity contribution is 0.345. The molecule has 0 N–H and O–H groups in total. The van der Waals surface area contributed by atoms with E-state index in [4.69, 9.17) is 10.00 Å². The van der Waals surface area contributed by atoms with Crippen LogP contribution in [0.25, 0.3) is 0 Å². The third kappa shape index (κ3) is 3.90. The van der Waals surface area contributed by atoms with Crippen LogP contribution in [0, 0.1) is 11.3 Å². The number of nitriles is 1. The van der Waals surface area contributed by atoms with Crippen molar-refractivity contribution in [3.8, 4) is 11.8 Å². The third-order valence-corrected chi connectivity index (χ3v) is 2.80. The summed E-state index contributed by atoms with van der Waals surface area (Å²) >= 11 is 3.30. The van der Waals surface area contributed by atoms with Crippen molar-refractivity contribution in [1.82, 2.24) is 0 Å². The summed E-state index contributed by atoms with van der Waals surface area (Å²) in [5.41, 5.74) is 1.78. The van der Waals surface area contributed by atoms with Gasteiger partial charge in [-0.25, -0.2) is 0 Å². The van der Waals surface area contributed by atoms with Gasteiger partial charge in [0.2, 0.25) is 0 Å². The fraction of sp³-hybridized carbons (Fsp3) is 0.133. The number of halogens is 1. The average Bonchev–Trinajstić information content (AvgIpc) is 2.52. The highest BCUT2D eigenvalue weighted by Crippen LogP contribution is 2.23. The second-order valence-corrected chi connectivity index (χ2v) is 4.65. The van der Waals surface area contributed by atoms with Crippen LogP contribution < -0.4 is 4.74 Å². The molecule has 2 aromatic carbocycles. The molecule has 0 fully saturated rings. The maximum absolute atomic E-state index is 8.96. The van der Waals surface area contributed by atoms with Crippen molar-refractivity contribution in [2.24, 2.45) is 10.2 Å². The lowest BCUT2D eigenvalue weighted by atomic mass is 10.2. The molecular formula is C15H12BrN3O. The zero-order valence-electron chi connectivity index (χ0n) is 10.7. The monoisotopic (exact) mass is 329 g/mol. The first kappa shape index (κ1) is 14.2. The van der Waals surface area contributed by atoms with E-state index in [9.17, 15) is 0 Å². The van der Waals surface area contributed by atoms with Crippen LogP contribution in [0.2, 0.25) is 0 Å². The van der Waals surface area contributed by atoms with Gasteiger partial charge in [0.25, 0.3) is 0 Å². The van der Waals surface area contributed by atoms with Crippen molar-refractivity contribution in [1.29, 1.82) is 5.26 Å². The second kappa shape index (κ2) is 7.41. The van der Waals surface area contributed by atoms with Crippen LogP contribution in [-0.2, 0) is 0 Å². The van der Waals surface area contributed by atoms with Crippen molar-refractivity contribution in [2.45, 2.75) is 0 Å². The van der Waals surface area contributed by atoms with Crippen molar-refractivity contribution < 1.29 is 4.74 Å². The summed E-state index contributed by atoms with van der Waals surface area (Å²) in [6.07, 6.45) is 0. The van der Waals surface area contributed by atoms with Crippen molar-refractivity contribution in [3.63, 3.8) is 0 Å². The number of rotatable bonds is 5. The molecule has 5 heteroatoms. The van der Waals surface area contributed by atoms with Crippen LogP contribution in [0.1, 0.15) is 5.56 Å². The molecule has 0 atom stereocenters. The lowest BCUT2D eigenvalue weighted by Gasteiger charge is -2.03. The number of azo groups is 1. The minimum Gasteiger partial charge on any atom is -0.493 e. The number of ether oxygens (including phenoxy) is 1. The maximum Gasteiger partial charge on any atom is 0.119 e. The molecule has 0 aromatic heterocycles. The topological polar surface area (TPSA) is 57.7 Å². The normalized spacial score (nSPS) is 10.4. The standard InChI is InChI=1S/C15H12BrN3O/c16-9-10-20-14-7-5-13(6-8-14)18-19-15-4-2-1-3-12(15)11-17/h1-8H,9-10H2. The number of alkyl halides is 1. The molecule has 20 heavy (non-hydrogen) atoms. The van der Waals surface area contributed by atoms with Crippen molar-refractivity contribution in [2.75, 3.05) is 11.9 Å². The Labute approximate surface area is 125 Å². The van der Waals surface area contributed by atoms with E-state index in [0.717, 1.165) is 11.1 Å². The highest BCUT2D eigenvalue weighted by Gasteiger charge is 1.98. The van der Waals surface area contributed by atoms with E-state index in [1.165, 1.54) is 0 Å². The summed E-state index contributed by atoms with van der Waals surface area (Å²) in [5.74, 6) is 0.792. The van der Waals surface area contributed by atoms with Gasteiger partial charge in [-0.1, -0.05) is 28.1 Å². The van der Waals surface area contributed by atoms with Gasteiger partial charge in [0.1, 0.15) is 17.5 Å². The number of hydrogen-bond acceptors (Lipinski definition) is 4. The lowest BCUT2D eigenvalue weighted by Crippen LogP contribution is -1.96. The van der Waals surface area contributed by atoms with Gasteiger partial charge < -0.3 is 4.74 Å². The van der Waals surface area contributed by atoms with Gasteiger partial charge in [-0.15, -0.1) is 5.11 Å². The van der Waals surface area contributed by atoms with Crippen LogP contribution in [0.4, 0.5) is 11.4 Å². The number of hydrogen-bond donors (Lipinski definition) is 0. The summed E-state index contributed by atoms with van der Waals surface area (Å²) < 4.78 is 5.45. The SMILES string of the molecule is N#Cc1ccccc1N=Nc1ccc(OCCBr)cc1. The first-order valence-electron chi connectivity index (χ1n) is 6.03. The Kier molecular flexibility index (Phi) is 5.27. The summed E-state index contributed by atoms with van der Waals surface area (Å²) in [7, 11) is 0. The first-order chi connectivity index (χ1) is 9.83. The summed E-state index contributed by atoms with van der Waals surface area (Å²) in [4.78, 5) is 0. The van der Waals surface area contributed by atoms with E-state index in [0.29, 0.717) is 23.5 Å². The highest BCUT2D eigenvalue weighted by molar-refractivity contribution is 9.09. The van der Waals surface area contributed by atoms with E-state index < -0.39 is 0 Å². The van der Waals surface area contributed by atoms with Crippen LogP contribution >= 0.6 is 15.9 Å². The van der Waals surface area contributed by atoms with Gasteiger partial charge in [0.15, 0.2) is 0 Å². The van der Waals surface area contributed by atoms with Crippen molar-refractivity contribution >= 4 is 27.3 Å². The number of nitrogens with zero attached hydrogens (tertiary/aromatic N) is 3. The molecule has 4 nitrogen and oxygen atoms in total. The Bertz CT molecular complexity index is 632. The Hall–Kier alpha value is -2.19. The quantitative estimate of drug-likeness (QED) is 0.587. The minimum absolute atomic E-state index is 0.508. The molecule has 0 bridgehead atoms. The third-order valence-electron chi connectivity index (χ3n) is 2.48. The summed E-state index contributed by atoms with van der Waals surface area (Å²) in [6.45, 7) is 0.621. The summed E-state index contributed by atoms with van der Waals surface area (Å²) in [5, 5.41) is 18.0. The molecule has 0 radical (unpaired) electrons. The van der Waals surface area contributed by atoms with Gasteiger partial charge in [-0.05, 0) is 36.4 Å². The molecule has 0 unspecified atom stereocenters. The molecule has 0 saturated heterocycles. The molecule has 0 aliphatic heterocycles. The maximum atomic E-state index is 8.96. The molecule has 2 aromatic rings. The van der Waals surface area contributed by atoms with E-state index in [1.807, 2.05) is 30.3 Å². The predicted molar refractivity (Wildman–Crippen MR) is 81.1 cm³/mol. The van der Waals surface area contributed by atoms with Crippen molar-refractivity contribution in [3.05, 3.63) is 54.1 Å². The molecule has 0 aliphatic carbocycles. The van der Waals surface area contributed by atoms with Crippen LogP contribution in [-0.4, -0.2) is 11.9 Å². The Morgan fingerprint density at radius 3 is 2.50 bits per heavy atom. The smallest absolute Gasteiger partial charge is 0.119 e. The molecule has 2 rings (SSSR count). The Morgan fingerprint density at radius 2 is 1.80 bits per heavy atom. The second-order valence-electron chi connectivity index (χ2n) is 3.86. The zero-order chi connectivity index (χ0) is 14.2. The summed E-state index contributed by atoms with van der Waals surface area (Å²) in [6, 6.07) is 16.5. The Balaban J connectivity index is 2.10.